The Hall–Kier alpha value is -0.0500. The predicted octanol–water partition coefficient (Wildman–Crippen LogP) is 4.24. The van der Waals surface area contributed by atoms with Gasteiger partial charge in [0.1, 0.15) is 0 Å². The second-order valence-corrected chi connectivity index (χ2v) is 4.80. The molecule has 0 aliphatic carbocycles. The lowest BCUT2D eigenvalue weighted by atomic mass is 10.4. The van der Waals surface area contributed by atoms with Crippen LogP contribution < -0.4 is 0 Å². The fourth-order valence-electron chi connectivity index (χ4n) is 0.611. The van der Waals surface area contributed by atoms with Gasteiger partial charge in [-0.05, 0) is 17.5 Å². The zero-order valence-electron chi connectivity index (χ0n) is 6.44. The van der Waals surface area contributed by atoms with Gasteiger partial charge in [-0.2, -0.15) is 0 Å². The van der Waals surface area contributed by atoms with Crippen molar-refractivity contribution in [1.29, 1.82) is 0 Å². The summed E-state index contributed by atoms with van der Waals surface area (Å²) >= 11 is 5.54. The average molecular weight is 217 g/mol. The van der Waals surface area contributed by atoms with Crippen molar-refractivity contribution in [3.05, 3.63) is 46.8 Å². The minimum Gasteiger partial charge on any atom is -0.0854 e. The van der Waals surface area contributed by atoms with Crippen molar-refractivity contribution >= 4 is 33.2 Å². The van der Waals surface area contributed by atoms with Gasteiger partial charge in [0, 0.05) is 10.8 Å². The van der Waals surface area contributed by atoms with Gasteiger partial charge in [-0.25, -0.2) is 0 Å². The Balaban J connectivity index is 0.000000127. The van der Waals surface area contributed by atoms with Crippen LogP contribution in [0, 0.1) is 0 Å². The summed E-state index contributed by atoms with van der Waals surface area (Å²) in [4.78, 5) is 0. The Labute approximate surface area is 85.8 Å². The number of halogens is 1. The topological polar surface area (TPSA) is 0 Å². The van der Waals surface area contributed by atoms with Gasteiger partial charge in [0.25, 0.3) is 0 Å². The molecule has 3 heteroatoms. The maximum absolute atomic E-state index is 5.54. The summed E-state index contributed by atoms with van der Waals surface area (Å²) in [6.07, 6.45) is 2.16. The first-order valence-electron chi connectivity index (χ1n) is 3.53. The SMILES string of the molecule is C1=CSSC1.Clc1ccccc1. The molecule has 1 aliphatic rings. The summed E-state index contributed by atoms with van der Waals surface area (Å²) in [6, 6.07) is 9.44. The van der Waals surface area contributed by atoms with E-state index in [1.54, 1.807) is 0 Å². The van der Waals surface area contributed by atoms with E-state index in [1.165, 1.54) is 5.75 Å². The molecule has 0 fully saturated rings. The van der Waals surface area contributed by atoms with Crippen molar-refractivity contribution in [2.45, 2.75) is 0 Å². The van der Waals surface area contributed by atoms with Crippen LogP contribution in [-0.2, 0) is 0 Å². The molecule has 12 heavy (non-hydrogen) atoms. The van der Waals surface area contributed by atoms with E-state index in [4.69, 9.17) is 11.6 Å². The van der Waals surface area contributed by atoms with Gasteiger partial charge in [0.2, 0.25) is 0 Å². The van der Waals surface area contributed by atoms with Crippen LogP contribution in [0.15, 0.2) is 41.8 Å². The molecule has 1 heterocycles. The maximum atomic E-state index is 5.54. The molecule has 0 aromatic heterocycles. The minimum absolute atomic E-state index is 0.794. The quantitative estimate of drug-likeness (QED) is 0.596. The lowest BCUT2D eigenvalue weighted by Gasteiger charge is -1.80. The van der Waals surface area contributed by atoms with E-state index in [2.05, 4.69) is 11.5 Å². The summed E-state index contributed by atoms with van der Waals surface area (Å²) < 4.78 is 0. The number of benzene rings is 1. The summed E-state index contributed by atoms with van der Waals surface area (Å²) in [6.45, 7) is 0. The Morgan fingerprint density at radius 1 is 1.17 bits per heavy atom. The van der Waals surface area contributed by atoms with Crippen LogP contribution in [0.4, 0.5) is 0 Å². The minimum atomic E-state index is 0.794. The molecule has 0 radical (unpaired) electrons. The van der Waals surface area contributed by atoms with E-state index < -0.39 is 0 Å². The van der Waals surface area contributed by atoms with Crippen molar-refractivity contribution in [3.63, 3.8) is 0 Å². The first-order valence-corrected chi connectivity index (χ1v) is 6.29. The molecule has 64 valence electrons. The molecule has 0 nitrogen and oxygen atoms in total. The van der Waals surface area contributed by atoms with Gasteiger partial charge >= 0.3 is 0 Å². The molecule has 0 atom stereocenters. The fourth-order valence-corrected chi connectivity index (χ4v) is 2.33. The molecule has 1 aliphatic heterocycles. The van der Waals surface area contributed by atoms with Gasteiger partial charge in [-0.1, -0.05) is 57.5 Å². The second kappa shape index (κ2) is 6.46. The molecular formula is C9H9ClS2. The van der Waals surface area contributed by atoms with Gasteiger partial charge in [-0.3, -0.25) is 0 Å². The lowest BCUT2D eigenvalue weighted by Crippen LogP contribution is -1.55. The van der Waals surface area contributed by atoms with Gasteiger partial charge in [0.05, 0.1) is 0 Å². The average Bonchev–Trinajstić information content (AvgIpc) is 2.62. The van der Waals surface area contributed by atoms with Crippen LogP contribution in [0.1, 0.15) is 0 Å². The van der Waals surface area contributed by atoms with Crippen LogP contribution in [0.25, 0.3) is 0 Å². The molecule has 1 aromatic rings. The lowest BCUT2D eigenvalue weighted by molar-refractivity contribution is 1.71. The summed E-state index contributed by atoms with van der Waals surface area (Å²) in [7, 11) is 3.69. The Morgan fingerprint density at radius 2 is 1.92 bits per heavy atom. The van der Waals surface area contributed by atoms with Crippen molar-refractivity contribution in [2.24, 2.45) is 0 Å². The molecule has 2 rings (SSSR count). The first-order chi connectivity index (χ1) is 5.89. The standard InChI is InChI=1S/C6H5Cl.C3H4S2/c7-6-4-2-1-3-5-6;1-2-4-5-3-1/h1-5H;1-2H,3H2. The van der Waals surface area contributed by atoms with Crippen LogP contribution in [0.3, 0.4) is 0 Å². The van der Waals surface area contributed by atoms with Crippen molar-refractivity contribution < 1.29 is 0 Å². The molecule has 0 unspecified atom stereocenters. The van der Waals surface area contributed by atoms with Crippen LogP contribution in [0.5, 0.6) is 0 Å². The Bertz CT molecular complexity index is 228. The smallest absolute Gasteiger partial charge is 0.0405 e. The van der Waals surface area contributed by atoms with Gasteiger partial charge in [0.15, 0.2) is 0 Å². The highest BCUT2D eigenvalue weighted by Gasteiger charge is 1.85. The highest BCUT2D eigenvalue weighted by atomic mass is 35.5. The molecule has 1 aromatic carbocycles. The monoisotopic (exact) mass is 216 g/mol. The van der Waals surface area contributed by atoms with E-state index in [9.17, 15) is 0 Å². The molecular weight excluding hydrogens is 208 g/mol. The van der Waals surface area contributed by atoms with E-state index in [1.807, 2.05) is 51.9 Å². The van der Waals surface area contributed by atoms with Crippen molar-refractivity contribution in [3.8, 4) is 0 Å². The summed E-state index contributed by atoms with van der Waals surface area (Å²) in [5, 5.41) is 2.91. The molecule has 0 saturated carbocycles. The molecule has 0 bridgehead atoms. The largest absolute Gasteiger partial charge is 0.0854 e. The maximum Gasteiger partial charge on any atom is 0.0405 e. The third-order valence-electron chi connectivity index (χ3n) is 1.12. The number of hydrogen-bond acceptors (Lipinski definition) is 2. The van der Waals surface area contributed by atoms with E-state index in [-0.39, 0.29) is 0 Å². The van der Waals surface area contributed by atoms with Crippen LogP contribution in [-0.4, -0.2) is 5.75 Å². The molecule has 0 saturated heterocycles. The van der Waals surface area contributed by atoms with E-state index in [0.717, 1.165) is 5.02 Å². The van der Waals surface area contributed by atoms with Gasteiger partial charge < -0.3 is 0 Å². The van der Waals surface area contributed by atoms with E-state index in [0.29, 0.717) is 0 Å². The highest BCUT2D eigenvalue weighted by Crippen LogP contribution is 2.27. The molecule has 0 N–H and O–H groups in total. The predicted molar refractivity (Wildman–Crippen MR) is 60.6 cm³/mol. The fraction of sp³-hybridized carbons (Fsp3) is 0.111. The van der Waals surface area contributed by atoms with Crippen LogP contribution >= 0.6 is 33.2 Å². The molecule has 0 amide bonds. The molecule has 0 spiro atoms. The van der Waals surface area contributed by atoms with Crippen LogP contribution in [0.2, 0.25) is 5.02 Å². The zero-order chi connectivity index (χ0) is 8.65. The third kappa shape index (κ3) is 4.75. The van der Waals surface area contributed by atoms with Crippen molar-refractivity contribution in [2.75, 3.05) is 5.75 Å². The Morgan fingerprint density at radius 3 is 2.17 bits per heavy atom. The van der Waals surface area contributed by atoms with Gasteiger partial charge in [-0.15, -0.1) is 0 Å². The van der Waals surface area contributed by atoms with E-state index >= 15 is 0 Å². The summed E-state index contributed by atoms with van der Waals surface area (Å²) in [5.74, 6) is 1.20. The zero-order valence-corrected chi connectivity index (χ0v) is 8.83. The first kappa shape index (κ1) is 10.0. The number of rotatable bonds is 0. The second-order valence-electron chi connectivity index (χ2n) is 2.05. The Kier molecular flexibility index (Phi) is 5.41. The normalized spacial score (nSPS) is 13.8. The summed E-state index contributed by atoms with van der Waals surface area (Å²) in [5.41, 5.74) is 0. The highest BCUT2D eigenvalue weighted by molar-refractivity contribution is 8.78. The number of hydrogen-bond donors (Lipinski definition) is 0. The van der Waals surface area contributed by atoms with Crippen molar-refractivity contribution in [1.82, 2.24) is 0 Å². The third-order valence-corrected chi connectivity index (χ3v) is 3.29.